The molecule has 10 heteroatoms. The lowest BCUT2D eigenvalue weighted by Crippen LogP contribution is -2.33. The summed E-state index contributed by atoms with van der Waals surface area (Å²) >= 11 is 1.51. The molecule has 0 aliphatic heterocycles. The van der Waals surface area contributed by atoms with Crippen LogP contribution in [-0.2, 0) is 10.0 Å². The van der Waals surface area contributed by atoms with E-state index < -0.39 is 10.0 Å². The van der Waals surface area contributed by atoms with Crippen molar-refractivity contribution >= 4 is 60.7 Å². The van der Waals surface area contributed by atoms with E-state index in [9.17, 15) is 13.2 Å². The Kier molecular flexibility index (Phi) is 9.54. The van der Waals surface area contributed by atoms with Crippen molar-refractivity contribution in [2.24, 2.45) is 0 Å². The molecule has 0 aliphatic rings. The van der Waals surface area contributed by atoms with Gasteiger partial charge in [0.25, 0.3) is 15.9 Å². The molecule has 0 radical (unpaired) electrons. The summed E-state index contributed by atoms with van der Waals surface area (Å²) in [5, 5.41) is 0.646. The lowest BCUT2D eigenvalue weighted by atomic mass is 10.1. The first-order valence-electron chi connectivity index (χ1n) is 12.1. The normalized spacial score (nSPS) is 11.4. The first-order chi connectivity index (χ1) is 17.6. The van der Waals surface area contributed by atoms with Gasteiger partial charge < -0.3 is 4.90 Å². The van der Waals surface area contributed by atoms with Crippen molar-refractivity contribution in [3.63, 3.8) is 0 Å². The second-order valence-electron chi connectivity index (χ2n) is 9.37. The number of anilines is 2. The predicted octanol–water partition coefficient (Wildman–Crippen LogP) is 5.76. The molecule has 0 spiro atoms. The highest BCUT2D eigenvalue weighted by Crippen LogP contribution is 2.33. The van der Waals surface area contributed by atoms with Crippen LogP contribution in [0.4, 0.5) is 10.8 Å². The molecule has 1 aromatic heterocycles. The zero-order chi connectivity index (χ0) is 26.7. The van der Waals surface area contributed by atoms with Gasteiger partial charge in [-0.1, -0.05) is 35.6 Å². The first-order valence-corrected chi connectivity index (χ1v) is 14.3. The minimum absolute atomic E-state index is 0. The summed E-state index contributed by atoms with van der Waals surface area (Å²) in [4.78, 5) is 22.4. The van der Waals surface area contributed by atoms with E-state index in [4.69, 9.17) is 4.98 Å². The van der Waals surface area contributed by atoms with Crippen LogP contribution >= 0.6 is 23.7 Å². The molecular weight excluding hydrogens is 540 g/mol. The largest absolute Gasteiger partial charge is 0.309 e. The molecule has 0 unspecified atom stereocenters. The highest BCUT2D eigenvalue weighted by Gasteiger charge is 2.24. The number of carbonyl (C=O) groups is 1. The lowest BCUT2D eigenvalue weighted by molar-refractivity contribution is 0.0986. The summed E-state index contributed by atoms with van der Waals surface area (Å²) in [7, 11) is 1.76. The van der Waals surface area contributed by atoms with Crippen LogP contribution in [0, 0.1) is 13.8 Å². The van der Waals surface area contributed by atoms with Gasteiger partial charge in [0, 0.05) is 19.2 Å². The van der Waals surface area contributed by atoms with Crippen molar-refractivity contribution < 1.29 is 13.2 Å². The van der Waals surface area contributed by atoms with E-state index in [1.54, 1.807) is 41.3 Å². The Morgan fingerprint density at radius 2 is 1.58 bits per heavy atom. The van der Waals surface area contributed by atoms with Crippen molar-refractivity contribution in [1.82, 2.24) is 9.88 Å². The molecule has 1 heterocycles. The molecule has 0 atom stereocenters. The van der Waals surface area contributed by atoms with Gasteiger partial charge >= 0.3 is 0 Å². The van der Waals surface area contributed by atoms with Crippen molar-refractivity contribution in [3.8, 4) is 0 Å². The fourth-order valence-corrected chi connectivity index (χ4v) is 6.41. The van der Waals surface area contributed by atoms with Crippen LogP contribution in [0.15, 0.2) is 71.6 Å². The van der Waals surface area contributed by atoms with E-state index in [0.717, 1.165) is 34.3 Å². The number of thiazole rings is 1. The van der Waals surface area contributed by atoms with Gasteiger partial charge in [-0.05, 0) is 94.5 Å². The lowest BCUT2D eigenvalue weighted by Gasteiger charge is -2.22. The number of aromatic nitrogens is 1. The highest BCUT2D eigenvalue weighted by atomic mass is 35.5. The molecule has 4 aromatic rings. The second kappa shape index (κ2) is 12.3. The highest BCUT2D eigenvalue weighted by molar-refractivity contribution is 7.92. The number of sulfonamides is 1. The number of aryl methyl sites for hydroxylation is 2. The van der Waals surface area contributed by atoms with Gasteiger partial charge in [0.05, 0.1) is 20.8 Å². The monoisotopic (exact) mass is 572 g/mol. The number of amides is 1. The number of carbonyl (C=O) groups excluding carboxylic acids is 1. The standard InChI is InChI=1S/C28H32N4O3S2.ClH/c1-20-18-21(2)26-25(19-20)29-28(36-26)32(17-9-16-30(3)4)27(33)22-12-14-24(15-13-22)37(34,35)31(5)23-10-7-6-8-11-23;/h6-8,10-15,18-19H,9,16-17H2,1-5H3;1H. The molecule has 38 heavy (non-hydrogen) atoms. The van der Waals surface area contributed by atoms with Gasteiger partial charge in [-0.15, -0.1) is 12.4 Å². The van der Waals surface area contributed by atoms with Gasteiger partial charge in [-0.25, -0.2) is 13.4 Å². The zero-order valence-corrected chi connectivity index (χ0v) is 24.7. The third kappa shape index (κ3) is 6.35. The van der Waals surface area contributed by atoms with E-state index in [1.807, 2.05) is 33.2 Å². The number of rotatable bonds is 9. The molecule has 0 N–H and O–H groups in total. The summed E-state index contributed by atoms with van der Waals surface area (Å²) in [6.45, 7) is 5.43. The maximum Gasteiger partial charge on any atom is 0.264 e. The Balaban J connectivity index is 0.00000400. The molecule has 202 valence electrons. The van der Waals surface area contributed by atoms with Crippen molar-refractivity contribution in [1.29, 1.82) is 0 Å². The minimum atomic E-state index is -3.76. The van der Waals surface area contributed by atoms with Gasteiger partial charge in [0.15, 0.2) is 5.13 Å². The van der Waals surface area contributed by atoms with Crippen LogP contribution in [0.2, 0.25) is 0 Å². The fourth-order valence-electron chi connectivity index (χ4n) is 4.17. The van der Waals surface area contributed by atoms with E-state index in [1.165, 1.54) is 34.8 Å². The minimum Gasteiger partial charge on any atom is -0.309 e. The van der Waals surface area contributed by atoms with Gasteiger partial charge in [0.2, 0.25) is 0 Å². The molecular formula is C28H33ClN4O3S2. The Morgan fingerprint density at radius 3 is 2.21 bits per heavy atom. The molecule has 0 aliphatic carbocycles. The van der Waals surface area contributed by atoms with E-state index in [-0.39, 0.29) is 23.2 Å². The summed E-state index contributed by atoms with van der Waals surface area (Å²) in [6, 6.07) is 19.2. The maximum atomic E-state index is 13.7. The molecule has 0 saturated heterocycles. The van der Waals surface area contributed by atoms with E-state index in [2.05, 4.69) is 17.9 Å². The van der Waals surface area contributed by atoms with Crippen LogP contribution < -0.4 is 9.21 Å². The molecule has 4 rings (SSSR count). The molecule has 0 bridgehead atoms. The fraction of sp³-hybridized carbons (Fsp3) is 0.286. The average molecular weight is 573 g/mol. The number of benzene rings is 3. The van der Waals surface area contributed by atoms with Crippen molar-refractivity contribution in [2.75, 3.05) is 43.4 Å². The molecule has 3 aromatic carbocycles. The number of nitrogens with zero attached hydrogens (tertiary/aromatic N) is 4. The summed E-state index contributed by atoms with van der Waals surface area (Å²) < 4.78 is 28.6. The second-order valence-corrected chi connectivity index (χ2v) is 12.3. The summed E-state index contributed by atoms with van der Waals surface area (Å²) in [5.74, 6) is -0.201. The van der Waals surface area contributed by atoms with Crippen LogP contribution in [0.1, 0.15) is 27.9 Å². The zero-order valence-electron chi connectivity index (χ0n) is 22.2. The molecule has 0 fully saturated rings. The number of fused-ring (bicyclic) bond motifs is 1. The molecule has 1 amide bonds. The van der Waals surface area contributed by atoms with Crippen LogP contribution in [0.5, 0.6) is 0 Å². The SMILES string of the molecule is Cc1cc(C)c2sc(N(CCCN(C)C)C(=O)c3ccc(S(=O)(=O)N(C)c4ccccc4)cc3)nc2c1.Cl. The summed E-state index contributed by atoms with van der Waals surface area (Å²) in [6.07, 6.45) is 0.779. The average Bonchev–Trinajstić information content (AvgIpc) is 3.30. The number of hydrogen-bond donors (Lipinski definition) is 0. The third-order valence-corrected chi connectivity index (χ3v) is 9.18. The van der Waals surface area contributed by atoms with Crippen molar-refractivity contribution in [2.45, 2.75) is 25.2 Å². The van der Waals surface area contributed by atoms with Crippen molar-refractivity contribution in [3.05, 3.63) is 83.4 Å². The Labute approximate surface area is 235 Å². The smallest absolute Gasteiger partial charge is 0.264 e. The third-order valence-electron chi connectivity index (χ3n) is 6.15. The molecule has 7 nitrogen and oxygen atoms in total. The van der Waals surface area contributed by atoms with E-state index >= 15 is 0 Å². The quantitative estimate of drug-likeness (QED) is 0.255. The van der Waals surface area contributed by atoms with Crippen LogP contribution in [0.3, 0.4) is 0 Å². The number of para-hydroxylation sites is 1. The number of hydrogen-bond acceptors (Lipinski definition) is 6. The first kappa shape index (κ1) is 29.6. The van der Waals surface area contributed by atoms with E-state index in [0.29, 0.717) is 22.9 Å². The Morgan fingerprint density at radius 1 is 0.921 bits per heavy atom. The Bertz CT molecular complexity index is 1500. The van der Waals surface area contributed by atoms with Crippen LogP contribution in [0.25, 0.3) is 10.2 Å². The maximum absolute atomic E-state index is 13.7. The Hall–Kier alpha value is -2.98. The predicted molar refractivity (Wildman–Crippen MR) is 160 cm³/mol. The van der Waals surface area contributed by atoms with Crippen LogP contribution in [-0.4, -0.2) is 58.4 Å². The van der Waals surface area contributed by atoms with Gasteiger partial charge in [0.1, 0.15) is 0 Å². The van der Waals surface area contributed by atoms with Gasteiger partial charge in [-0.2, -0.15) is 0 Å². The number of halogens is 1. The topological polar surface area (TPSA) is 73.8 Å². The molecule has 0 saturated carbocycles. The summed E-state index contributed by atoms with van der Waals surface area (Å²) in [5.41, 5.74) is 4.13. The van der Waals surface area contributed by atoms with Gasteiger partial charge in [-0.3, -0.25) is 14.0 Å².